The highest BCUT2D eigenvalue weighted by atomic mass is 32.1. The van der Waals surface area contributed by atoms with Crippen molar-refractivity contribution in [3.8, 4) is 11.3 Å². The molecule has 0 bridgehead atoms. The first kappa shape index (κ1) is 23.9. The van der Waals surface area contributed by atoms with E-state index < -0.39 is 11.7 Å². The summed E-state index contributed by atoms with van der Waals surface area (Å²) in [5.74, 6) is 1.07. The molecule has 5 rings (SSSR count). The third-order valence-corrected chi connectivity index (χ3v) is 5.99. The van der Waals surface area contributed by atoms with Gasteiger partial charge in [0.25, 0.3) is 5.91 Å². The van der Waals surface area contributed by atoms with Crippen molar-refractivity contribution < 1.29 is 18.0 Å². The normalized spacial score (nSPS) is 18.4. The van der Waals surface area contributed by atoms with Gasteiger partial charge in [0.2, 0.25) is 0 Å². The molecule has 32 heavy (non-hydrogen) atoms. The summed E-state index contributed by atoms with van der Waals surface area (Å²) in [6.07, 6.45) is 2.37. The second kappa shape index (κ2) is 8.65. The molecule has 10 heteroatoms. The summed E-state index contributed by atoms with van der Waals surface area (Å²) in [6.45, 7) is 2.26. The van der Waals surface area contributed by atoms with Gasteiger partial charge in [-0.1, -0.05) is 13.8 Å². The van der Waals surface area contributed by atoms with E-state index in [4.69, 9.17) is 0 Å². The molecule has 0 saturated heterocycles. The van der Waals surface area contributed by atoms with Crippen LogP contribution in [0, 0.1) is 0 Å². The predicted molar refractivity (Wildman–Crippen MR) is 121 cm³/mol. The number of anilines is 1. The molecular weight excluding hydrogens is 439 g/mol. The Morgan fingerprint density at radius 3 is 2.41 bits per heavy atom. The van der Waals surface area contributed by atoms with E-state index in [2.05, 4.69) is 15.1 Å². The first-order valence-electron chi connectivity index (χ1n) is 9.95. The summed E-state index contributed by atoms with van der Waals surface area (Å²) < 4.78 is 40.3. The van der Waals surface area contributed by atoms with Gasteiger partial charge >= 0.3 is 6.18 Å². The van der Waals surface area contributed by atoms with Gasteiger partial charge in [-0.05, 0) is 44.0 Å². The van der Waals surface area contributed by atoms with Gasteiger partial charge in [-0.15, -0.1) is 0 Å². The van der Waals surface area contributed by atoms with Crippen molar-refractivity contribution in [1.29, 1.82) is 0 Å². The summed E-state index contributed by atoms with van der Waals surface area (Å²) in [6, 6.07) is 4.55. The van der Waals surface area contributed by atoms with E-state index in [9.17, 15) is 18.0 Å². The lowest BCUT2D eigenvalue weighted by atomic mass is 9.85. The molecule has 2 aromatic heterocycles. The summed E-state index contributed by atoms with van der Waals surface area (Å²) >= 11 is 0. The number of fused-ring (bicyclic) bond motifs is 1. The molecule has 1 aromatic carbocycles. The van der Waals surface area contributed by atoms with E-state index in [1.54, 1.807) is 17.1 Å². The number of hydrogen-bond donors (Lipinski definition) is 1. The molecule has 1 amide bonds. The lowest BCUT2D eigenvalue weighted by Gasteiger charge is -2.32. The van der Waals surface area contributed by atoms with Crippen LogP contribution in [0.25, 0.3) is 11.3 Å². The lowest BCUT2D eigenvalue weighted by molar-refractivity contribution is -0.137. The first-order chi connectivity index (χ1) is 14.3. The highest BCUT2D eigenvalue weighted by molar-refractivity contribution is 7.59. The van der Waals surface area contributed by atoms with E-state index >= 15 is 0 Å². The van der Waals surface area contributed by atoms with Crippen LogP contribution in [0.5, 0.6) is 0 Å². The predicted octanol–water partition coefficient (Wildman–Crippen LogP) is 5.53. The highest BCUT2D eigenvalue weighted by Gasteiger charge is 2.35. The number of nitrogens with zero attached hydrogens (tertiary/aromatic N) is 4. The third-order valence-electron chi connectivity index (χ3n) is 5.99. The van der Waals surface area contributed by atoms with E-state index in [1.165, 1.54) is 23.5 Å². The maximum Gasteiger partial charge on any atom is 0.416 e. The minimum atomic E-state index is -4.41. The van der Waals surface area contributed by atoms with E-state index in [1.807, 2.05) is 6.92 Å². The Bertz CT molecular complexity index is 1100. The topological polar surface area (TPSA) is 66.8 Å². The molecule has 1 aliphatic heterocycles. The molecule has 3 aromatic rings. The molecule has 3 heterocycles. The van der Waals surface area contributed by atoms with Gasteiger partial charge in [0, 0.05) is 18.2 Å². The number of carbonyl (C=O) groups is 1. The number of hydrogen-bond acceptors (Lipinski definition) is 3. The standard InChI is InChI=1S/C21H20F3N5O.CH4.H2S/c1-12-11-28(15-7-5-14(6-8-15)21(22,23)24)20(30)18-16(9-26-29(12)18)17-10-25-19(27-17)13-3-2-4-13;;/h5-10,12-13H,2-4,11H2,1H3,(H,25,27);1H4;1H2/t12-;;/m0../s1. The zero-order chi connectivity index (χ0) is 21.0. The minimum Gasteiger partial charge on any atom is -0.342 e. The number of halogens is 3. The zero-order valence-corrected chi connectivity index (χ0v) is 17.8. The number of carbonyl (C=O) groups excluding carboxylic acids is 1. The molecule has 0 radical (unpaired) electrons. The molecule has 1 saturated carbocycles. The molecule has 1 aliphatic carbocycles. The fourth-order valence-electron chi connectivity index (χ4n) is 4.07. The van der Waals surface area contributed by atoms with Crippen molar-refractivity contribution >= 4 is 25.1 Å². The number of aromatic nitrogens is 4. The van der Waals surface area contributed by atoms with Gasteiger partial charge in [0.05, 0.1) is 35.3 Å². The molecule has 1 N–H and O–H groups in total. The maximum absolute atomic E-state index is 13.3. The molecule has 172 valence electrons. The summed E-state index contributed by atoms with van der Waals surface area (Å²) in [7, 11) is 0. The molecule has 1 fully saturated rings. The molecule has 2 aliphatic rings. The molecule has 6 nitrogen and oxygen atoms in total. The molecular formula is C22H26F3N5OS. The molecule has 1 atom stereocenters. The monoisotopic (exact) mass is 465 g/mol. The van der Waals surface area contributed by atoms with E-state index in [0.29, 0.717) is 29.4 Å². The Morgan fingerprint density at radius 2 is 1.81 bits per heavy atom. The van der Waals surface area contributed by atoms with Gasteiger partial charge < -0.3 is 9.88 Å². The number of amides is 1. The summed E-state index contributed by atoms with van der Waals surface area (Å²) in [5, 5.41) is 4.40. The van der Waals surface area contributed by atoms with Crippen LogP contribution in [0.4, 0.5) is 18.9 Å². The van der Waals surface area contributed by atoms with Crippen molar-refractivity contribution in [1.82, 2.24) is 19.7 Å². The Kier molecular flexibility index (Phi) is 6.46. The number of nitrogens with one attached hydrogen (secondary N) is 1. The van der Waals surface area contributed by atoms with Gasteiger partial charge in [-0.25, -0.2) is 4.98 Å². The fourth-order valence-corrected chi connectivity index (χ4v) is 4.07. The number of imidazole rings is 1. The Balaban J connectivity index is 0.00000144. The van der Waals surface area contributed by atoms with Crippen LogP contribution >= 0.6 is 13.5 Å². The SMILES string of the molecule is C.C[C@H]1CN(c2ccc(C(F)(F)F)cc2)C(=O)c2c(-c3cnc(C4CCC4)[nH]3)cnn21.S. The van der Waals surface area contributed by atoms with Crippen LogP contribution in [0.15, 0.2) is 36.7 Å². The molecule has 0 spiro atoms. The van der Waals surface area contributed by atoms with Crippen LogP contribution < -0.4 is 4.90 Å². The zero-order valence-electron chi connectivity index (χ0n) is 16.8. The third kappa shape index (κ3) is 3.92. The van der Waals surface area contributed by atoms with Gasteiger partial charge in [-0.3, -0.25) is 9.48 Å². The van der Waals surface area contributed by atoms with Crippen LogP contribution in [0.2, 0.25) is 0 Å². The van der Waals surface area contributed by atoms with Crippen LogP contribution in [-0.2, 0) is 6.18 Å². The Hall–Kier alpha value is -2.75. The van der Waals surface area contributed by atoms with Crippen molar-refractivity contribution in [3.63, 3.8) is 0 Å². The van der Waals surface area contributed by atoms with Crippen molar-refractivity contribution in [2.45, 2.75) is 51.7 Å². The number of rotatable bonds is 3. The number of H-pyrrole nitrogens is 1. The second-order valence-corrected chi connectivity index (χ2v) is 7.97. The van der Waals surface area contributed by atoms with Crippen molar-refractivity contribution in [3.05, 3.63) is 53.7 Å². The average molecular weight is 466 g/mol. The maximum atomic E-state index is 13.3. The number of alkyl halides is 3. The quantitative estimate of drug-likeness (QED) is 0.553. The minimum absolute atomic E-state index is 0. The van der Waals surface area contributed by atoms with Crippen LogP contribution in [0.1, 0.15) is 67.4 Å². The van der Waals surface area contributed by atoms with Crippen LogP contribution in [-0.4, -0.2) is 32.2 Å². The van der Waals surface area contributed by atoms with Crippen molar-refractivity contribution in [2.75, 3.05) is 11.4 Å². The summed E-state index contributed by atoms with van der Waals surface area (Å²) in [4.78, 5) is 22.6. The number of benzene rings is 1. The largest absolute Gasteiger partial charge is 0.416 e. The first-order valence-corrected chi connectivity index (χ1v) is 9.95. The summed E-state index contributed by atoms with van der Waals surface area (Å²) in [5.41, 5.74) is 1.49. The fraction of sp³-hybridized carbons (Fsp3) is 0.409. The Morgan fingerprint density at radius 1 is 1.12 bits per heavy atom. The Labute approximate surface area is 191 Å². The van der Waals surface area contributed by atoms with E-state index in [-0.39, 0.29) is 32.9 Å². The van der Waals surface area contributed by atoms with Gasteiger partial charge in [-0.2, -0.15) is 31.8 Å². The van der Waals surface area contributed by atoms with Crippen molar-refractivity contribution in [2.24, 2.45) is 0 Å². The second-order valence-electron chi connectivity index (χ2n) is 7.97. The highest BCUT2D eigenvalue weighted by Crippen LogP contribution is 2.37. The smallest absolute Gasteiger partial charge is 0.342 e. The van der Waals surface area contributed by atoms with Gasteiger partial charge in [0.1, 0.15) is 11.5 Å². The van der Waals surface area contributed by atoms with Crippen LogP contribution in [0.3, 0.4) is 0 Å². The molecule has 0 unspecified atom stereocenters. The number of aromatic amines is 1. The van der Waals surface area contributed by atoms with Gasteiger partial charge in [0.15, 0.2) is 0 Å². The average Bonchev–Trinajstić information content (AvgIpc) is 3.30. The van der Waals surface area contributed by atoms with E-state index in [0.717, 1.165) is 36.5 Å². The lowest BCUT2D eigenvalue weighted by Crippen LogP contribution is -2.42.